The van der Waals surface area contributed by atoms with E-state index in [4.69, 9.17) is 14.2 Å². The van der Waals surface area contributed by atoms with Crippen molar-refractivity contribution in [1.82, 2.24) is 4.90 Å². The molecule has 1 rings (SSSR count). The zero-order chi connectivity index (χ0) is 17.0. The van der Waals surface area contributed by atoms with Crippen molar-refractivity contribution in [2.24, 2.45) is 5.92 Å². The van der Waals surface area contributed by atoms with E-state index in [-0.39, 0.29) is 5.92 Å². The van der Waals surface area contributed by atoms with Crippen molar-refractivity contribution in [2.45, 2.75) is 77.1 Å². The smallest absolute Gasteiger partial charge is 0.286 e. The highest BCUT2D eigenvalue weighted by Gasteiger charge is 2.40. The van der Waals surface area contributed by atoms with E-state index in [0.29, 0.717) is 0 Å². The Morgan fingerprint density at radius 2 is 1.39 bits per heavy atom. The molecule has 0 spiro atoms. The van der Waals surface area contributed by atoms with Gasteiger partial charge < -0.3 is 19.1 Å². The van der Waals surface area contributed by atoms with E-state index in [1.54, 1.807) is 21.3 Å². The molecule has 0 amide bonds. The van der Waals surface area contributed by atoms with E-state index in [0.717, 1.165) is 13.0 Å². The van der Waals surface area contributed by atoms with Gasteiger partial charge in [-0.25, -0.2) is 0 Å². The van der Waals surface area contributed by atoms with Crippen LogP contribution in [0.15, 0.2) is 0 Å². The van der Waals surface area contributed by atoms with Crippen molar-refractivity contribution < 1.29 is 14.2 Å². The van der Waals surface area contributed by atoms with Crippen molar-refractivity contribution in [1.29, 1.82) is 0 Å². The molecule has 1 unspecified atom stereocenters. The molecule has 0 aromatic carbocycles. The van der Waals surface area contributed by atoms with Gasteiger partial charge in [-0.1, -0.05) is 51.9 Å². The van der Waals surface area contributed by atoms with Crippen LogP contribution >= 0.6 is 0 Å². The molecular formula is C19H39NO3. The van der Waals surface area contributed by atoms with Gasteiger partial charge in [-0.3, -0.25) is 0 Å². The summed E-state index contributed by atoms with van der Waals surface area (Å²) in [5.41, 5.74) is 0. The minimum atomic E-state index is -0.902. The van der Waals surface area contributed by atoms with Gasteiger partial charge in [-0.05, 0) is 32.4 Å². The van der Waals surface area contributed by atoms with E-state index in [1.807, 2.05) is 0 Å². The molecule has 1 atom stereocenters. The third kappa shape index (κ3) is 7.08. The first-order valence-electron chi connectivity index (χ1n) is 9.60. The Kier molecular flexibility index (Phi) is 11.1. The molecule has 0 aromatic heterocycles. The largest absolute Gasteiger partial charge is 0.331 e. The minimum absolute atomic E-state index is 0.256. The van der Waals surface area contributed by atoms with E-state index >= 15 is 0 Å². The molecule has 0 aliphatic carbocycles. The molecule has 1 fully saturated rings. The van der Waals surface area contributed by atoms with Crippen LogP contribution in [-0.4, -0.2) is 51.8 Å². The zero-order valence-corrected chi connectivity index (χ0v) is 15.9. The summed E-state index contributed by atoms with van der Waals surface area (Å²) in [7, 11) is 5.08. The molecule has 1 heterocycles. The molecule has 4 nitrogen and oxygen atoms in total. The van der Waals surface area contributed by atoms with Crippen LogP contribution in [0, 0.1) is 5.92 Å². The van der Waals surface area contributed by atoms with Gasteiger partial charge >= 0.3 is 0 Å². The van der Waals surface area contributed by atoms with E-state index in [2.05, 4.69) is 11.8 Å². The molecule has 0 saturated carbocycles. The highest BCUT2D eigenvalue weighted by molar-refractivity contribution is 4.77. The fraction of sp³-hybridized carbons (Fsp3) is 1.00. The molecule has 0 aromatic rings. The first-order chi connectivity index (χ1) is 11.2. The lowest BCUT2D eigenvalue weighted by atomic mass is 9.96. The standard InChI is InChI=1S/C19H39NO3/c1-5-6-7-8-9-11-14-18(19(21-2,22-3)23-4)17-20-15-12-10-13-16-20/h18H,5-17H2,1-4H3. The van der Waals surface area contributed by atoms with E-state index < -0.39 is 5.97 Å². The highest BCUT2D eigenvalue weighted by atomic mass is 16.9. The number of hydrogen-bond acceptors (Lipinski definition) is 4. The van der Waals surface area contributed by atoms with E-state index in [1.165, 1.54) is 70.9 Å². The quantitative estimate of drug-likeness (QED) is 0.369. The molecule has 1 aliphatic rings. The van der Waals surface area contributed by atoms with E-state index in [9.17, 15) is 0 Å². The number of methoxy groups -OCH3 is 3. The molecular weight excluding hydrogens is 290 g/mol. The Morgan fingerprint density at radius 1 is 0.826 bits per heavy atom. The van der Waals surface area contributed by atoms with Gasteiger partial charge in [-0.2, -0.15) is 0 Å². The maximum Gasteiger partial charge on any atom is 0.286 e. The van der Waals surface area contributed by atoms with Crippen molar-refractivity contribution in [2.75, 3.05) is 41.0 Å². The molecule has 23 heavy (non-hydrogen) atoms. The average molecular weight is 330 g/mol. The third-order valence-corrected chi connectivity index (χ3v) is 5.19. The summed E-state index contributed by atoms with van der Waals surface area (Å²) in [6, 6.07) is 0. The lowest BCUT2D eigenvalue weighted by molar-refractivity contribution is -0.380. The molecule has 1 saturated heterocycles. The second kappa shape index (κ2) is 12.2. The van der Waals surface area contributed by atoms with Gasteiger partial charge in [-0.15, -0.1) is 0 Å². The zero-order valence-electron chi connectivity index (χ0n) is 15.9. The summed E-state index contributed by atoms with van der Waals surface area (Å²) in [6.07, 6.45) is 13.0. The second-order valence-electron chi connectivity index (χ2n) is 6.83. The van der Waals surface area contributed by atoms with Crippen molar-refractivity contribution in [3.8, 4) is 0 Å². The lowest BCUT2D eigenvalue weighted by Crippen LogP contribution is -2.49. The number of likely N-dealkylation sites (tertiary alicyclic amines) is 1. The summed E-state index contributed by atoms with van der Waals surface area (Å²) in [5, 5.41) is 0. The second-order valence-corrected chi connectivity index (χ2v) is 6.83. The normalized spacial score (nSPS) is 18.3. The summed E-state index contributed by atoms with van der Waals surface area (Å²) < 4.78 is 17.0. The number of unbranched alkanes of at least 4 members (excludes halogenated alkanes) is 5. The van der Waals surface area contributed by atoms with Crippen LogP contribution < -0.4 is 0 Å². The van der Waals surface area contributed by atoms with Gasteiger partial charge in [0.25, 0.3) is 5.97 Å². The van der Waals surface area contributed by atoms with Crippen LogP contribution in [0.5, 0.6) is 0 Å². The summed E-state index contributed by atoms with van der Waals surface area (Å²) >= 11 is 0. The third-order valence-electron chi connectivity index (χ3n) is 5.19. The molecule has 1 aliphatic heterocycles. The van der Waals surface area contributed by atoms with Crippen LogP contribution in [0.3, 0.4) is 0 Å². The SMILES string of the molecule is CCCCCCCCC(CN1CCCCC1)C(OC)(OC)OC. The number of ether oxygens (including phenoxy) is 3. The fourth-order valence-electron chi connectivity index (χ4n) is 3.75. The van der Waals surface area contributed by atoms with Crippen molar-refractivity contribution in [3.63, 3.8) is 0 Å². The van der Waals surface area contributed by atoms with Gasteiger partial charge in [0, 0.05) is 27.9 Å². The van der Waals surface area contributed by atoms with Crippen LogP contribution in [0.25, 0.3) is 0 Å². The number of piperidine rings is 1. The van der Waals surface area contributed by atoms with Gasteiger partial charge in [0.2, 0.25) is 0 Å². The predicted octanol–water partition coefficient (Wildman–Crippen LogP) is 4.43. The molecule has 0 radical (unpaired) electrons. The Balaban J connectivity index is 2.52. The van der Waals surface area contributed by atoms with Crippen LogP contribution in [0.2, 0.25) is 0 Å². The number of rotatable bonds is 13. The van der Waals surface area contributed by atoms with Crippen LogP contribution in [0.1, 0.15) is 71.1 Å². The molecule has 0 bridgehead atoms. The Labute approximate surface area is 143 Å². The summed E-state index contributed by atoms with van der Waals surface area (Å²) in [5.74, 6) is -0.646. The minimum Gasteiger partial charge on any atom is -0.331 e. The van der Waals surface area contributed by atoms with Crippen LogP contribution in [0.4, 0.5) is 0 Å². The van der Waals surface area contributed by atoms with Gasteiger partial charge in [0.15, 0.2) is 0 Å². The topological polar surface area (TPSA) is 30.9 Å². The molecule has 0 N–H and O–H groups in total. The highest BCUT2D eigenvalue weighted by Crippen LogP contribution is 2.30. The Hall–Kier alpha value is -0.160. The summed E-state index contributed by atoms with van der Waals surface area (Å²) in [6.45, 7) is 5.66. The lowest BCUT2D eigenvalue weighted by Gasteiger charge is -2.40. The monoisotopic (exact) mass is 329 g/mol. The fourth-order valence-corrected chi connectivity index (χ4v) is 3.75. The van der Waals surface area contributed by atoms with Crippen molar-refractivity contribution >= 4 is 0 Å². The number of hydrogen-bond donors (Lipinski definition) is 0. The average Bonchev–Trinajstić information content (AvgIpc) is 2.60. The maximum absolute atomic E-state index is 5.66. The molecule has 4 heteroatoms. The number of nitrogens with zero attached hydrogens (tertiary/aromatic N) is 1. The molecule has 138 valence electrons. The Morgan fingerprint density at radius 3 is 1.96 bits per heavy atom. The van der Waals surface area contributed by atoms with Crippen molar-refractivity contribution in [3.05, 3.63) is 0 Å². The first kappa shape index (κ1) is 20.9. The first-order valence-corrected chi connectivity index (χ1v) is 9.60. The van der Waals surface area contributed by atoms with Gasteiger partial charge in [0.05, 0.1) is 5.92 Å². The summed E-state index contributed by atoms with van der Waals surface area (Å²) in [4.78, 5) is 2.55. The van der Waals surface area contributed by atoms with Gasteiger partial charge in [0.1, 0.15) is 0 Å². The predicted molar refractivity (Wildman–Crippen MR) is 95.5 cm³/mol. The Bertz CT molecular complexity index is 268. The maximum atomic E-state index is 5.66. The van der Waals surface area contributed by atoms with Crippen LogP contribution in [-0.2, 0) is 14.2 Å².